The highest BCUT2D eigenvalue weighted by atomic mass is 35.5. The van der Waals surface area contributed by atoms with Crippen molar-refractivity contribution in [2.45, 2.75) is 31.5 Å². The Balaban J connectivity index is 0.00000208. The molecule has 2 amide bonds. The molecule has 24 heavy (non-hydrogen) atoms. The molecule has 2 aliphatic rings. The average Bonchev–Trinajstić information content (AvgIpc) is 2.96. The fourth-order valence-corrected chi connectivity index (χ4v) is 3.39. The summed E-state index contributed by atoms with van der Waals surface area (Å²) in [6, 6.07) is 4.64. The highest BCUT2D eigenvalue weighted by Crippen LogP contribution is 2.26. The fraction of sp³-hybridized carbons (Fsp3) is 0.588. The lowest BCUT2D eigenvalue weighted by atomic mass is 9.88. The normalized spacial score (nSPS) is 18.9. The summed E-state index contributed by atoms with van der Waals surface area (Å²) >= 11 is 0. The second-order valence-electron chi connectivity index (χ2n) is 6.66. The Morgan fingerprint density at radius 1 is 1.29 bits per heavy atom. The lowest BCUT2D eigenvalue weighted by molar-refractivity contribution is -0.00623. The van der Waals surface area contributed by atoms with E-state index in [0.717, 1.165) is 37.2 Å². The van der Waals surface area contributed by atoms with E-state index in [2.05, 4.69) is 10.2 Å². The Labute approximate surface area is 148 Å². The largest absolute Gasteiger partial charge is 0.381 e. The number of carbonyl (C=O) groups is 1. The molecule has 2 aliphatic heterocycles. The predicted octanol–water partition coefficient (Wildman–Crippen LogP) is 2.38. The van der Waals surface area contributed by atoms with Gasteiger partial charge in [0.15, 0.2) is 0 Å². The van der Waals surface area contributed by atoms with Crippen molar-refractivity contribution in [1.82, 2.24) is 15.1 Å². The number of nitrogens with one attached hydrogen (secondary N) is 1. The van der Waals surface area contributed by atoms with Gasteiger partial charge < -0.3 is 19.9 Å². The van der Waals surface area contributed by atoms with Gasteiger partial charge in [-0.3, -0.25) is 0 Å². The van der Waals surface area contributed by atoms with Crippen LogP contribution in [0.1, 0.15) is 24.0 Å². The summed E-state index contributed by atoms with van der Waals surface area (Å²) in [5.74, 6) is -0.250. The average molecular weight is 358 g/mol. The number of halogens is 2. The van der Waals surface area contributed by atoms with E-state index in [1.54, 1.807) is 11.0 Å². The van der Waals surface area contributed by atoms with E-state index in [1.807, 2.05) is 14.1 Å². The van der Waals surface area contributed by atoms with Crippen LogP contribution in [0.3, 0.4) is 0 Å². The molecule has 0 radical (unpaired) electrons. The van der Waals surface area contributed by atoms with E-state index in [-0.39, 0.29) is 29.8 Å². The maximum absolute atomic E-state index is 13.3. The van der Waals surface area contributed by atoms with Crippen LogP contribution in [-0.4, -0.2) is 55.2 Å². The lowest BCUT2D eigenvalue weighted by Gasteiger charge is -2.43. The summed E-state index contributed by atoms with van der Waals surface area (Å²) in [6.45, 7) is 3.06. The number of rotatable bonds is 3. The highest BCUT2D eigenvalue weighted by molar-refractivity contribution is 5.85. The second-order valence-corrected chi connectivity index (χ2v) is 6.66. The summed E-state index contributed by atoms with van der Waals surface area (Å²) in [4.78, 5) is 16.4. The van der Waals surface area contributed by atoms with Gasteiger partial charge in [-0.2, -0.15) is 0 Å². The third-order valence-electron chi connectivity index (χ3n) is 5.12. The maximum atomic E-state index is 13.3. The van der Waals surface area contributed by atoms with Crippen LogP contribution >= 0.6 is 12.4 Å². The van der Waals surface area contributed by atoms with Crippen molar-refractivity contribution in [1.29, 1.82) is 0 Å². The molecule has 0 spiro atoms. The van der Waals surface area contributed by atoms with Crippen molar-refractivity contribution in [3.8, 4) is 0 Å². The van der Waals surface area contributed by atoms with Gasteiger partial charge in [-0.05, 0) is 50.2 Å². The topological polar surface area (TPSA) is 44.8 Å². The Bertz CT molecular complexity index is 591. The van der Waals surface area contributed by atoms with Gasteiger partial charge in [0, 0.05) is 38.4 Å². The predicted molar refractivity (Wildman–Crippen MR) is 92.8 cm³/mol. The Morgan fingerprint density at radius 2 is 1.96 bits per heavy atom. The minimum absolute atomic E-state index is 0. The molecule has 0 bridgehead atoms. The van der Waals surface area contributed by atoms with Crippen molar-refractivity contribution < 1.29 is 13.9 Å². The molecule has 1 saturated heterocycles. The van der Waals surface area contributed by atoms with Crippen LogP contribution in [0, 0.1) is 5.82 Å². The van der Waals surface area contributed by atoms with Gasteiger partial charge in [-0.25, -0.2) is 9.18 Å². The number of hydrogen-bond acceptors (Lipinski definition) is 3. The Morgan fingerprint density at radius 3 is 2.62 bits per heavy atom. The van der Waals surface area contributed by atoms with Crippen molar-refractivity contribution >= 4 is 18.4 Å². The van der Waals surface area contributed by atoms with Gasteiger partial charge in [0.1, 0.15) is 5.82 Å². The molecule has 7 heteroatoms. The number of hydrogen-bond donors (Lipinski definition) is 1. The van der Waals surface area contributed by atoms with Gasteiger partial charge in [-0.1, -0.05) is 6.07 Å². The van der Waals surface area contributed by atoms with E-state index < -0.39 is 0 Å². The third kappa shape index (κ3) is 3.82. The van der Waals surface area contributed by atoms with Crippen LogP contribution in [0.25, 0.3) is 0 Å². The zero-order chi connectivity index (χ0) is 16.4. The monoisotopic (exact) mass is 357 g/mol. The van der Waals surface area contributed by atoms with E-state index >= 15 is 0 Å². The van der Waals surface area contributed by atoms with Gasteiger partial charge in [0.05, 0.1) is 0 Å². The first-order valence-electron chi connectivity index (χ1n) is 8.05. The molecule has 2 heterocycles. The molecule has 3 rings (SSSR count). The van der Waals surface area contributed by atoms with E-state index in [1.165, 1.54) is 12.1 Å². The van der Waals surface area contributed by atoms with Gasteiger partial charge in [0.2, 0.25) is 0 Å². The van der Waals surface area contributed by atoms with Crippen LogP contribution < -0.4 is 5.32 Å². The van der Waals surface area contributed by atoms with Crippen molar-refractivity contribution in [3.05, 3.63) is 35.1 Å². The van der Waals surface area contributed by atoms with Crippen LogP contribution in [-0.2, 0) is 17.8 Å². The number of nitrogens with zero attached hydrogens (tertiary/aromatic N) is 2. The van der Waals surface area contributed by atoms with Crippen LogP contribution in [0.2, 0.25) is 0 Å². The summed E-state index contributed by atoms with van der Waals surface area (Å²) in [5, 5.41) is 3.06. The minimum atomic E-state index is -0.250. The molecule has 1 N–H and O–H groups in total. The number of benzene rings is 1. The molecular weight excluding hydrogens is 333 g/mol. The molecule has 0 unspecified atom stereocenters. The molecule has 0 aromatic heterocycles. The maximum Gasteiger partial charge on any atom is 0.318 e. The third-order valence-corrected chi connectivity index (χ3v) is 5.12. The van der Waals surface area contributed by atoms with E-state index in [0.29, 0.717) is 19.6 Å². The SMILES string of the molecule is CN(C)C1(CNC(=O)N2Cc3ccc(F)cc3C2)CCOCC1.Cl. The van der Waals surface area contributed by atoms with E-state index in [9.17, 15) is 9.18 Å². The van der Waals surface area contributed by atoms with Crippen molar-refractivity contribution in [3.63, 3.8) is 0 Å². The molecule has 0 atom stereocenters. The molecule has 1 aromatic carbocycles. The Kier molecular flexibility index (Phi) is 6.06. The van der Waals surface area contributed by atoms with Crippen LogP contribution in [0.5, 0.6) is 0 Å². The van der Waals surface area contributed by atoms with Gasteiger partial charge in [0.25, 0.3) is 0 Å². The quantitative estimate of drug-likeness (QED) is 0.903. The van der Waals surface area contributed by atoms with Crippen LogP contribution in [0.15, 0.2) is 18.2 Å². The number of ether oxygens (including phenoxy) is 1. The number of fused-ring (bicyclic) bond motifs is 1. The number of urea groups is 1. The molecule has 134 valence electrons. The van der Waals surface area contributed by atoms with Crippen LogP contribution in [0.4, 0.5) is 9.18 Å². The first-order chi connectivity index (χ1) is 11.0. The molecule has 0 saturated carbocycles. The standard InChI is InChI=1S/C17H24FN3O2.ClH/c1-20(2)17(5-7-23-8-6-17)12-19-16(22)21-10-13-3-4-15(18)9-14(13)11-21;/h3-4,9H,5-8,10-12H2,1-2H3,(H,19,22);1H. The first-order valence-corrected chi connectivity index (χ1v) is 8.05. The zero-order valence-corrected chi connectivity index (χ0v) is 15.0. The molecule has 1 fully saturated rings. The minimum Gasteiger partial charge on any atom is -0.381 e. The molecule has 0 aliphatic carbocycles. The number of carbonyl (C=O) groups excluding carboxylic acids is 1. The summed E-state index contributed by atoms with van der Waals surface area (Å²) in [5.41, 5.74) is 1.87. The highest BCUT2D eigenvalue weighted by Gasteiger charge is 2.36. The number of amides is 2. The summed E-state index contributed by atoms with van der Waals surface area (Å²) in [6.07, 6.45) is 1.82. The van der Waals surface area contributed by atoms with Crippen molar-refractivity contribution in [2.24, 2.45) is 0 Å². The Hall–Kier alpha value is -1.37. The first kappa shape index (κ1) is 19.0. The summed E-state index contributed by atoms with van der Waals surface area (Å²) < 4.78 is 18.7. The molecule has 5 nitrogen and oxygen atoms in total. The zero-order valence-electron chi connectivity index (χ0n) is 14.2. The fourth-order valence-electron chi connectivity index (χ4n) is 3.39. The number of likely N-dealkylation sites (N-methyl/N-ethyl adjacent to an activating group) is 1. The van der Waals surface area contributed by atoms with Crippen molar-refractivity contribution in [2.75, 3.05) is 33.9 Å². The molecule has 1 aromatic rings. The smallest absolute Gasteiger partial charge is 0.318 e. The summed E-state index contributed by atoms with van der Waals surface area (Å²) in [7, 11) is 4.10. The van der Waals surface area contributed by atoms with Gasteiger partial charge >= 0.3 is 6.03 Å². The van der Waals surface area contributed by atoms with Gasteiger partial charge in [-0.15, -0.1) is 12.4 Å². The molecular formula is C17H25ClFN3O2. The van der Waals surface area contributed by atoms with E-state index in [4.69, 9.17) is 4.74 Å². The second kappa shape index (κ2) is 7.68. The lowest BCUT2D eigenvalue weighted by Crippen LogP contribution is -2.56.